The fraction of sp³-hybridized carbons (Fsp3) is 0.438. The number of fused-ring (bicyclic) bond motifs is 1. The fourth-order valence-electron chi connectivity index (χ4n) is 2.42. The summed E-state index contributed by atoms with van der Waals surface area (Å²) in [6.45, 7) is 7.13. The van der Waals surface area contributed by atoms with Crippen molar-refractivity contribution in [1.82, 2.24) is 20.2 Å². The number of para-hydroxylation sites is 1. The van der Waals surface area contributed by atoms with Crippen LogP contribution in [0.1, 0.15) is 19.5 Å². The quantitative estimate of drug-likeness (QED) is 0.792. The maximum absolute atomic E-state index is 9.42. The van der Waals surface area contributed by atoms with Gasteiger partial charge in [0.25, 0.3) is 0 Å². The lowest BCUT2D eigenvalue weighted by molar-refractivity contribution is 0.0532. The Bertz CT molecular complexity index is 742. The van der Waals surface area contributed by atoms with E-state index in [4.69, 9.17) is 0 Å². The molecule has 0 saturated heterocycles. The van der Waals surface area contributed by atoms with Crippen molar-refractivity contribution in [2.75, 3.05) is 25.3 Å². The highest BCUT2D eigenvalue weighted by Crippen LogP contribution is 2.17. The van der Waals surface area contributed by atoms with Gasteiger partial charge in [-0.3, -0.25) is 10.2 Å². The largest absolute Gasteiger partial charge is 0.394 e. The third-order valence-electron chi connectivity index (χ3n) is 4.10. The number of aliphatic hydroxyl groups is 1. The second-order valence-corrected chi connectivity index (χ2v) is 6.27. The van der Waals surface area contributed by atoms with Gasteiger partial charge >= 0.3 is 0 Å². The summed E-state index contributed by atoms with van der Waals surface area (Å²) in [7, 11) is 0. The minimum absolute atomic E-state index is 0.0833. The van der Waals surface area contributed by atoms with Crippen LogP contribution in [-0.4, -0.2) is 51.4 Å². The molecule has 0 aliphatic carbocycles. The number of benzene rings is 1. The van der Waals surface area contributed by atoms with E-state index in [1.54, 1.807) is 0 Å². The van der Waals surface area contributed by atoms with Gasteiger partial charge in [0.1, 0.15) is 0 Å². The van der Waals surface area contributed by atoms with Crippen LogP contribution in [0.15, 0.2) is 29.3 Å². The molecule has 23 heavy (non-hydrogen) atoms. The molecule has 0 bridgehead atoms. The van der Waals surface area contributed by atoms with Crippen LogP contribution in [0.2, 0.25) is 0 Å². The molecule has 3 N–H and O–H groups in total. The van der Waals surface area contributed by atoms with Crippen molar-refractivity contribution >= 4 is 22.8 Å². The van der Waals surface area contributed by atoms with E-state index in [1.165, 1.54) is 0 Å². The molecule has 0 fully saturated rings. The van der Waals surface area contributed by atoms with Gasteiger partial charge in [0.05, 0.1) is 31.2 Å². The van der Waals surface area contributed by atoms with Gasteiger partial charge in [-0.25, -0.2) is 15.0 Å². The summed E-state index contributed by atoms with van der Waals surface area (Å²) in [5.41, 5.74) is 1.53. The number of aromatic nitrogens is 2. The summed E-state index contributed by atoms with van der Waals surface area (Å²) in [6.07, 6.45) is 0. The van der Waals surface area contributed by atoms with E-state index >= 15 is 0 Å². The van der Waals surface area contributed by atoms with Gasteiger partial charge < -0.3 is 10.4 Å². The molecule has 0 radical (unpaired) electrons. The van der Waals surface area contributed by atoms with Crippen LogP contribution in [0.5, 0.6) is 0 Å². The Hall–Kier alpha value is -2.25. The number of nitrogens with one attached hydrogen (secondary N) is 2. The average Bonchev–Trinajstić information content (AvgIpc) is 2.55. The van der Waals surface area contributed by atoms with E-state index in [0.29, 0.717) is 25.2 Å². The van der Waals surface area contributed by atoms with Crippen molar-refractivity contribution < 1.29 is 5.11 Å². The van der Waals surface area contributed by atoms with Crippen LogP contribution in [0.4, 0.5) is 5.95 Å². The van der Waals surface area contributed by atoms with E-state index < -0.39 is 0 Å². The Morgan fingerprint density at radius 2 is 2.09 bits per heavy atom. The Kier molecular flexibility index (Phi) is 4.14. The van der Waals surface area contributed by atoms with Crippen molar-refractivity contribution in [1.29, 1.82) is 0 Å². The maximum atomic E-state index is 9.42. The molecular weight excluding hydrogens is 292 g/mol. The van der Waals surface area contributed by atoms with Crippen molar-refractivity contribution in [3.8, 4) is 0 Å². The van der Waals surface area contributed by atoms with Crippen LogP contribution < -0.4 is 10.6 Å². The molecule has 122 valence electrons. The first-order valence-electron chi connectivity index (χ1n) is 7.64. The molecule has 1 aliphatic heterocycles. The van der Waals surface area contributed by atoms with E-state index in [2.05, 4.69) is 30.5 Å². The van der Waals surface area contributed by atoms with Crippen molar-refractivity contribution in [2.45, 2.75) is 26.3 Å². The van der Waals surface area contributed by atoms with Crippen LogP contribution in [-0.2, 0) is 0 Å². The van der Waals surface area contributed by atoms with E-state index in [1.807, 2.05) is 45.0 Å². The summed E-state index contributed by atoms with van der Waals surface area (Å²) >= 11 is 0. The molecule has 0 unspecified atom stereocenters. The topological polar surface area (TPSA) is 85.7 Å². The average molecular weight is 314 g/mol. The zero-order valence-corrected chi connectivity index (χ0v) is 13.7. The molecule has 0 spiro atoms. The molecule has 1 aromatic carbocycles. The Balaban J connectivity index is 1.76. The van der Waals surface area contributed by atoms with Gasteiger partial charge in [-0.2, -0.15) is 0 Å². The summed E-state index contributed by atoms with van der Waals surface area (Å²) in [4.78, 5) is 15.5. The second kappa shape index (κ2) is 6.10. The van der Waals surface area contributed by atoms with E-state index in [9.17, 15) is 5.11 Å². The predicted octanol–water partition coefficient (Wildman–Crippen LogP) is 1.30. The lowest BCUT2D eigenvalue weighted by Gasteiger charge is -2.38. The molecule has 7 nitrogen and oxygen atoms in total. The monoisotopic (exact) mass is 314 g/mol. The molecule has 3 rings (SSSR count). The highest BCUT2D eigenvalue weighted by atomic mass is 16.3. The molecule has 0 saturated carbocycles. The number of aryl methyl sites for hydroxylation is 1. The first kappa shape index (κ1) is 15.6. The smallest absolute Gasteiger partial charge is 0.230 e. The minimum atomic E-state index is -0.307. The SMILES string of the molecule is Cc1nc(NC2=NCN(C(C)(C)CO)CN2)nc2ccccc12. The van der Waals surface area contributed by atoms with Gasteiger partial charge in [0.2, 0.25) is 11.9 Å². The first-order valence-corrected chi connectivity index (χ1v) is 7.64. The first-order chi connectivity index (χ1) is 11.0. The molecule has 2 aromatic rings. The number of anilines is 1. The lowest BCUT2D eigenvalue weighted by atomic mass is 10.1. The molecule has 7 heteroatoms. The number of hydrogen-bond acceptors (Lipinski definition) is 7. The second-order valence-electron chi connectivity index (χ2n) is 6.27. The number of aliphatic hydroxyl groups excluding tert-OH is 1. The fourth-order valence-corrected chi connectivity index (χ4v) is 2.42. The highest BCUT2D eigenvalue weighted by Gasteiger charge is 2.27. The Morgan fingerprint density at radius 3 is 2.78 bits per heavy atom. The van der Waals surface area contributed by atoms with Gasteiger partial charge in [0, 0.05) is 10.9 Å². The van der Waals surface area contributed by atoms with Crippen molar-refractivity contribution in [3.63, 3.8) is 0 Å². The number of aliphatic imine (C=N–C) groups is 1. The summed E-state index contributed by atoms with van der Waals surface area (Å²) in [5.74, 6) is 1.17. The lowest BCUT2D eigenvalue weighted by Crippen LogP contribution is -2.55. The maximum Gasteiger partial charge on any atom is 0.230 e. The van der Waals surface area contributed by atoms with Gasteiger partial charge in [0.15, 0.2) is 0 Å². The zero-order chi connectivity index (χ0) is 16.4. The van der Waals surface area contributed by atoms with Gasteiger partial charge in [-0.05, 0) is 26.8 Å². The molecule has 0 atom stereocenters. The molecule has 0 amide bonds. The van der Waals surface area contributed by atoms with Crippen LogP contribution in [0, 0.1) is 6.92 Å². The van der Waals surface area contributed by atoms with Crippen LogP contribution in [0.25, 0.3) is 10.9 Å². The number of hydrogen-bond donors (Lipinski definition) is 3. The molecule has 1 aliphatic rings. The Morgan fingerprint density at radius 1 is 1.30 bits per heavy atom. The highest BCUT2D eigenvalue weighted by molar-refractivity contribution is 5.93. The molecular formula is C16H22N6O. The summed E-state index contributed by atoms with van der Waals surface area (Å²) < 4.78 is 0. The van der Waals surface area contributed by atoms with Gasteiger partial charge in [-0.15, -0.1) is 0 Å². The van der Waals surface area contributed by atoms with E-state index in [0.717, 1.165) is 16.6 Å². The molecule has 1 aromatic heterocycles. The molecule has 2 heterocycles. The van der Waals surface area contributed by atoms with Crippen molar-refractivity contribution in [2.24, 2.45) is 4.99 Å². The standard InChI is InChI=1S/C16H22N6O/c1-11-12-6-4-5-7-13(12)20-15(19-11)21-14-17-9-22(10-18-14)16(2,3)8-23/h4-7,23H,8-10H2,1-3H3,(H2,17,18,19,20,21). The van der Waals surface area contributed by atoms with E-state index in [-0.39, 0.29) is 12.1 Å². The van der Waals surface area contributed by atoms with Crippen LogP contribution in [0.3, 0.4) is 0 Å². The zero-order valence-electron chi connectivity index (χ0n) is 13.7. The normalized spacial score (nSPS) is 16.1. The number of guanidine groups is 1. The van der Waals surface area contributed by atoms with Crippen LogP contribution >= 0.6 is 0 Å². The third kappa shape index (κ3) is 3.25. The summed E-state index contributed by atoms with van der Waals surface area (Å²) in [6, 6.07) is 7.93. The number of nitrogens with zero attached hydrogens (tertiary/aromatic N) is 4. The minimum Gasteiger partial charge on any atom is -0.394 e. The number of rotatable bonds is 3. The van der Waals surface area contributed by atoms with Gasteiger partial charge in [-0.1, -0.05) is 18.2 Å². The predicted molar refractivity (Wildman–Crippen MR) is 91.2 cm³/mol. The third-order valence-corrected chi connectivity index (χ3v) is 4.10. The summed E-state index contributed by atoms with van der Waals surface area (Å²) in [5, 5.41) is 16.8. The van der Waals surface area contributed by atoms with Crippen molar-refractivity contribution in [3.05, 3.63) is 30.0 Å². The Labute approximate surface area is 135 Å².